The molecule has 0 spiro atoms. The number of carbonyl (C=O) groups is 2. The van der Waals surface area contributed by atoms with E-state index in [0.29, 0.717) is 40.3 Å². The normalized spacial score (nSPS) is 15.5. The Morgan fingerprint density at radius 2 is 1.77 bits per heavy atom. The predicted octanol–water partition coefficient (Wildman–Crippen LogP) is 6.90. The molecular formula is C34H37F3N6O4. The minimum absolute atomic E-state index is 0.0229. The first-order valence-electron chi connectivity index (χ1n) is 15.0. The molecule has 2 aromatic carbocycles. The van der Waals surface area contributed by atoms with Crippen LogP contribution in [-0.4, -0.2) is 74.8 Å². The number of fused-ring (bicyclic) bond motifs is 1. The number of alkyl halides is 3. The van der Waals surface area contributed by atoms with Crippen molar-refractivity contribution in [3.05, 3.63) is 83.7 Å². The molecule has 0 saturated carbocycles. The highest BCUT2D eigenvalue weighted by atomic mass is 19.4. The van der Waals surface area contributed by atoms with Gasteiger partial charge in [-0.15, -0.1) is 0 Å². The molecular weight excluding hydrogens is 613 g/mol. The largest absolute Gasteiger partial charge is 0.497 e. The monoisotopic (exact) mass is 650 g/mol. The quantitative estimate of drug-likeness (QED) is 0.242. The Morgan fingerprint density at radius 1 is 1.06 bits per heavy atom. The summed E-state index contributed by atoms with van der Waals surface area (Å²) in [5, 5.41) is 6.71. The van der Waals surface area contributed by atoms with E-state index in [1.54, 1.807) is 68.1 Å². The molecule has 47 heavy (non-hydrogen) atoms. The number of rotatable bonds is 6. The van der Waals surface area contributed by atoms with Crippen molar-refractivity contribution in [3.8, 4) is 17.0 Å². The van der Waals surface area contributed by atoms with Crippen LogP contribution >= 0.6 is 0 Å². The minimum Gasteiger partial charge on any atom is -0.497 e. The van der Waals surface area contributed by atoms with Crippen molar-refractivity contribution in [2.45, 2.75) is 52.4 Å². The lowest BCUT2D eigenvalue weighted by Crippen LogP contribution is -2.53. The highest BCUT2D eigenvalue weighted by Crippen LogP contribution is 2.37. The average molecular weight is 651 g/mol. The van der Waals surface area contributed by atoms with Gasteiger partial charge in [-0.3, -0.25) is 10.1 Å². The van der Waals surface area contributed by atoms with Gasteiger partial charge in [0.2, 0.25) is 0 Å². The Balaban J connectivity index is 1.38. The zero-order valence-electron chi connectivity index (χ0n) is 27.1. The first-order chi connectivity index (χ1) is 22.1. The number of halogens is 3. The Kier molecular flexibility index (Phi) is 8.94. The Bertz CT molecular complexity index is 1830. The third-order valence-corrected chi connectivity index (χ3v) is 7.86. The standard InChI is InChI=1S/C34H37F3N6O4/c1-20-19-41(22(3)24-9-8-10-25(17-24)39-32(45)47-33(4,5)6)15-16-42(20)31(44)27-18-38-43-29(34(35,36)37)21(2)28(40-30(27)43)23-11-13-26(46-7)14-12-23/h8-14,17-18,20H,3,15-16,19H2,1-2,4-7H3,(H,39,45)/t20-/m1/s1. The third-order valence-electron chi connectivity index (χ3n) is 7.86. The maximum Gasteiger partial charge on any atom is 0.433 e. The van der Waals surface area contributed by atoms with Gasteiger partial charge < -0.3 is 19.3 Å². The molecule has 1 atom stereocenters. The van der Waals surface area contributed by atoms with Crippen LogP contribution in [0, 0.1) is 6.92 Å². The molecule has 248 valence electrons. The second kappa shape index (κ2) is 12.6. The molecule has 0 radical (unpaired) electrons. The summed E-state index contributed by atoms with van der Waals surface area (Å²) >= 11 is 0. The van der Waals surface area contributed by atoms with Gasteiger partial charge in [0, 0.05) is 48.2 Å². The van der Waals surface area contributed by atoms with Crippen LogP contribution in [0.1, 0.15) is 54.9 Å². The first-order valence-corrected chi connectivity index (χ1v) is 15.0. The number of nitrogens with one attached hydrogen (secondary N) is 1. The fourth-order valence-electron chi connectivity index (χ4n) is 5.63. The molecule has 5 rings (SSSR count). The van der Waals surface area contributed by atoms with Crippen molar-refractivity contribution >= 4 is 29.0 Å². The van der Waals surface area contributed by atoms with Crippen LogP contribution in [0.25, 0.3) is 22.6 Å². The molecule has 2 aromatic heterocycles. The van der Waals surface area contributed by atoms with Crippen molar-refractivity contribution in [2.24, 2.45) is 0 Å². The molecule has 13 heteroatoms. The lowest BCUT2D eigenvalue weighted by molar-refractivity contribution is -0.143. The molecule has 0 unspecified atom stereocenters. The summed E-state index contributed by atoms with van der Waals surface area (Å²) < 4.78 is 54.4. The van der Waals surface area contributed by atoms with Crippen molar-refractivity contribution in [2.75, 3.05) is 32.1 Å². The van der Waals surface area contributed by atoms with Gasteiger partial charge in [-0.25, -0.2) is 14.3 Å². The second-order valence-corrected chi connectivity index (χ2v) is 12.4. The fraction of sp³-hybridized carbons (Fsp3) is 0.353. The zero-order valence-corrected chi connectivity index (χ0v) is 27.1. The van der Waals surface area contributed by atoms with Crippen LogP contribution in [-0.2, 0) is 10.9 Å². The predicted molar refractivity (Wildman–Crippen MR) is 172 cm³/mol. The summed E-state index contributed by atoms with van der Waals surface area (Å²) in [7, 11) is 1.50. The van der Waals surface area contributed by atoms with Crippen LogP contribution in [0.4, 0.5) is 23.7 Å². The summed E-state index contributed by atoms with van der Waals surface area (Å²) in [5.74, 6) is 0.0798. The van der Waals surface area contributed by atoms with Crippen LogP contribution in [0.5, 0.6) is 5.75 Å². The maximum absolute atomic E-state index is 14.4. The SMILES string of the molecule is C=C(c1cccc(NC(=O)OC(C)(C)C)c1)N1CCN(C(=O)c2cnn3c(C(F)(F)F)c(C)c(-c4ccc(OC)cc4)nc23)[C@H](C)C1. The topological polar surface area (TPSA) is 101 Å². The van der Waals surface area contributed by atoms with E-state index in [-0.39, 0.29) is 35.1 Å². The Morgan fingerprint density at radius 3 is 2.38 bits per heavy atom. The molecule has 1 aliphatic rings. The number of methoxy groups -OCH3 is 1. The molecule has 1 N–H and O–H groups in total. The number of hydrogen-bond acceptors (Lipinski definition) is 7. The number of amides is 2. The van der Waals surface area contributed by atoms with Crippen molar-refractivity contribution in [1.82, 2.24) is 24.4 Å². The average Bonchev–Trinajstić information content (AvgIpc) is 3.41. The van der Waals surface area contributed by atoms with E-state index in [9.17, 15) is 22.8 Å². The van der Waals surface area contributed by atoms with Crippen LogP contribution in [0.3, 0.4) is 0 Å². The van der Waals surface area contributed by atoms with Gasteiger partial charge in [0.1, 0.15) is 16.9 Å². The molecule has 1 aliphatic heterocycles. The van der Waals surface area contributed by atoms with Gasteiger partial charge in [0.25, 0.3) is 5.91 Å². The van der Waals surface area contributed by atoms with E-state index in [0.717, 1.165) is 11.8 Å². The third kappa shape index (κ3) is 7.03. The second-order valence-electron chi connectivity index (χ2n) is 12.4. The molecule has 10 nitrogen and oxygen atoms in total. The highest BCUT2D eigenvalue weighted by Gasteiger charge is 2.39. The molecule has 4 aromatic rings. The van der Waals surface area contributed by atoms with Crippen LogP contribution < -0.4 is 10.1 Å². The summed E-state index contributed by atoms with van der Waals surface area (Å²) in [6.07, 6.45) is -4.17. The van der Waals surface area contributed by atoms with E-state index in [4.69, 9.17) is 9.47 Å². The number of hydrogen-bond donors (Lipinski definition) is 1. The van der Waals surface area contributed by atoms with E-state index >= 15 is 0 Å². The van der Waals surface area contributed by atoms with Gasteiger partial charge in [0.15, 0.2) is 11.3 Å². The van der Waals surface area contributed by atoms with Crippen molar-refractivity contribution < 1.29 is 32.2 Å². The van der Waals surface area contributed by atoms with Crippen LogP contribution in [0.15, 0.2) is 61.3 Å². The number of anilines is 1. The van der Waals surface area contributed by atoms with Gasteiger partial charge in [-0.1, -0.05) is 18.7 Å². The Hall–Kier alpha value is -5.07. The number of piperazine rings is 1. The molecule has 0 bridgehead atoms. The van der Waals surface area contributed by atoms with E-state index in [2.05, 4.69) is 22.0 Å². The van der Waals surface area contributed by atoms with E-state index < -0.39 is 29.5 Å². The smallest absolute Gasteiger partial charge is 0.433 e. The summed E-state index contributed by atoms with van der Waals surface area (Å²) in [6.45, 7) is 13.9. The number of benzene rings is 2. The molecule has 1 saturated heterocycles. The summed E-state index contributed by atoms with van der Waals surface area (Å²) in [5.41, 5.74) is 0.619. The minimum atomic E-state index is -4.75. The lowest BCUT2D eigenvalue weighted by Gasteiger charge is -2.41. The maximum atomic E-state index is 14.4. The number of aromatic nitrogens is 3. The number of nitrogens with zero attached hydrogens (tertiary/aromatic N) is 5. The summed E-state index contributed by atoms with van der Waals surface area (Å²) in [4.78, 5) is 34.4. The zero-order chi connectivity index (χ0) is 34.3. The van der Waals surface area contributed by atoms with Gasteiger partial charge in [0.05, 0.1) is 19.0 Å². The number of carbonyl (C=O) groups excluding carboxylic acids is 2. The van der Waals surface area contributed by atoms with E-state index in [1.165, 1.54) is 14.0 Å². The molecule has 3 heterocycles. The van der Waals surface area contributed by atoms with Crippen molar-refractivity contribution in [3.63, 3.8) is 0 Å². The van der Waals surface area contributed by atoms with Gasteiger partial charge in [-0.05, 0) is 76.6 Å². The lowest BCUT2D eigenvalue weighted by atomic mass is 10.0. The van der Waals surface area contributed by atoms with Crippen LogP contribution in [0.2, 0.25) is 0 Å². The molecule has 1 fully saturated rings. The van der Waals surface area contributed by atoms with Crippen molar-refractivity contribution in [1.29, 1.82) is 0 Å². The van der Waals surface area contributed by atoms with E-state index in [1.807, 2.05) is 17.9 Å². The molecule has 2 amide bonds. The highest BCUT2D eigenvalue weighted by molar-refractivity contribution is 6.00. The molecule has 0 aliphatic carbocycles. The summed E-state index contributed by atoms with van der Waals surface area (Å²) in [6, 6.07) is 13.4. The number of ether oxygens (including phenoxy) is 2. The van der Waals surface area contributed by atoms with Gasteiger partial charge >= 0.3 is 12.3 Å². The Labute approximate surface area is 270 Å². The first kappa shape index (κ1) is 33.3. The fourth-order valence-corrected chi connectivity index (χ4v) is 5.63. The van der Waals surface area contributed by atoms with Gasteiger partial charge in [-0.2, -0.15) is 18.3 Å².